The summed E-state index contributed by atoms with van der Waals surface area (Å²) in [6.07, 6.45) is 3.22. The van der Waals surface area contributed by atoms with Crippen molar-refractivity contribution in [2.24, 2.45) is 0 Å². The molecule has 0 aliphatic carbocycles. The first-order chi connectivity index (χ1) is 8.77. The van der Waals surface area contributed by atoms with Crippen LogP contribution in [0.1, 0.15) is 30.4 Å². The first-order valence-electron chi connectivity index (χ1n) is 6.16. The molecular weight excluding hydrogens is 231 g/mol. The lowest BCUT2D eigenvalue weighted by Crippen LogP contribution is -2.15. The fourth-order valence-corrected chi connectivity index (χ4v) is 1.71. The van der Waals surface area contributed by atoms with E-state index in [1.54, 1.807) is 7.11 Å². The van der Waals surface area contributed by atoms with Crippen molar-refractivity contribution in [1.82, 2.24) is 5.32 Å². The van der Waals surface area contributed by atoms with Crippen LogP contribution in [0.2, 0.25) is 0 Å². The molecule has 98 valence electrons. The van der Waals surface area contributed by atoms with Gasteiger partial charge in [-0.2, -0.15) is 5.26 Å². The van der Waals surface area contributed by atoms with Gasteiger partial charge in [-0.3, -0.25) is 0 Å². The van der Waals surface area contributed by atoms with Gasteiger partial charge in [0.1, 0.15) is 5.82 Å². The maximum absolute atomic E-state index is 13.0. The maximum Gasteiger partial charge on any atom is 0.123 e. The molecular formula is C14H19FN2O. The summed E-state index contributed by atoms with van der Waals surface area (Å²) in [5.41, 5.74) is 1.25. The van der Waals surface area contributed by atoms with Crippen molar-refractivity contribution < 1.29 is 9.13 Å². The summed E-state index contributed by atoms with van der Waals surface area (Å²) in [6, 6.07) is 6.31. The molecule has 18 heavy (non-hydrogen) atoms. The molecule has 0 saturated carbocycles. The van der Waals surface area contributed by atoms with E-state index in [0.717, 1.165) is 38.0 Å². The van der Waals surface area contributed by atoms with Crippen LogP contribution in [0.25, 0.3) is 0 Å². The Morgan fingerprint density at radius 3 is 2.89 bits per heavy atom. The van der Waals surface area contributed by atoms with Crippen LogP contribution in [-0.4, -0.2) is 20.3 Å². The molecule has 1 aromatic carbocycles. The van der Waals surface area contributed by atoms with Crippen LogP contribution in [0, 0.1) is 17.1 Å². The Hall–Kier alpha value is -1.44. The third-order valence-electron chi connectivity index (χ3n) is 2.71. The van der Waals surface area contributed by atoms with Crippen LogP contribution in [0.15, 0.2) is 18.2 Å². The zero-order valence-corrected chi connectivity index (χ0v) is 10.7. The van der Waals surface area contributed by atoms with Crippen molar-refractivity contribution in [2.75, 3.05) is 20.3 Å². The Kier molecular flexibility index (Phi) is 7.00. The minimum absolute atomic E-state index is 0.300. The number of nitrogens with zero attached hydrogens (tertiary/aromatic N) is 1. The van der Waals surface area contributed by atoms with E-state index in [0.29, 0.717) is 12.1 Å². The second-order valence-corrected chi connectivity index (χ2v) is 4.14. The lowest BCUT2D eigenvalue weighted by atomic mass is 10.1. The Labute approximate surface area is 108 Å². The van der Waals surface area contributed by atoms with E-state index in [9.17, 15) is 4.39 Å². The molecule has 0 aliphatic heterocycles. The van der Waals surface area contributed by atoms with Gasteiger partial charge in [0, 0.05) is 20.3 Å². The normalized spacial score (nSPS) is 10.3. The van der Waals surface area contributed by atoms with E-state index in [1.165, 1.54) is 18.2 Å². The predicted octanol–water partition coefficient (Wildman–Crippen LogP) is 2.60. The number of unbranched alkanes of at least 4 members (excludes halogenated alkanes) is 2. The fourth-order valence-electron chi connectivity index (χ4n) is 1.71. The molecule has 0 bridgehead atoms. The van der Waals surface area contributed by atoms with Gasteiger partial charge in [0.15, 0.2) is 0 Å². The van der Waals surface area contributed by atoms with Gasteiger partial charge in [0.05, 0.1) is 11.6 Å². The highest BCUT2D eigenvalue weighted by Gasteiger charge is 2.02. The highest BCUT2D eigenvalue weighted by molar-refractivity contribution is 5.37. The van der Waals surface area contributed by atoms with Gasteiger partial charge in [-0.1, -0.05) is 0 Å². The third-order valence-corrected chi connectivity index (χ3v) is 2.71. The number of rotatable bonds is 8. The standard InChI is InChI=1S/C14H19FN2O/c1-18-8-4-2-3-7-17-11-13-9-14(15)6-5-12(13)10-16/h5-6,9,17H,2-4,7-8,11H2,1H3. The average molecular weight is 250 g/mol. The number of hydrogen-bond donors (Lipinski definition) is 1. The quantitative estimate of drug-likeness (QED) is 0.721. The third kappa shape index (κ3) is 5.26. The summed E-state index contributed by atoms with van der Waals surface area (Å²) in [7, 11) is 1.70. The molecule has 0 saturated heterocycles. The smallest absolute Gasteiger partial charge is 0.123 e. The lowest BCUT2D eigenvalue weighted by molar-refractivity contribution is 0.192. The predicted molar refractivity (Wildman–Crippen MR) is 68.5 cm³/mol. The Balaban J connectivity index is 2.27. The van der Waals surface area contributed by atoms with Crippen molar-refractivity contribution in [1.29, 1.82) is 5.26 Å². The molecule has 0 heterocycles. The van der Waals surface area contributed by atoms with Crippen LogP contribution < -0.4 is 5.32 Å². The number of benzene rings is 1. The van der Waals surface area contributed by atoms with E-state index in [4.69, 9.17) is 10.00 Å². The van der Waals surface area contributed by atoms with Crippen LogP contribution in [0.3, 0.4) is 0 Å². The summed E-state index contributed by atoms with van der Waals surface area (Å²) < 4.78 is 18.0. The minimum Gasteiger partial charge on any atom is -0.385 e. The first-order valence-corrected chi connectivity index (χ1v) is 6.16. The molecule has 0 unspecified atom stereocenters. The van der Waals surface area contributed by atoms with E-state index in [-0.39, 0.29) is 5.82 Å². The van der Waals surface area contributed by atoms with Crippen molar-refractivity contribution in [3.8, 4) is 6.07 Å². The summed E-state index contributed by atoms with van der Waals surface area (Å²) in [6.45, 7) is 2.19. The lowest BCUT2D eigenvalue weighted by Gasteiger charge is -2.06. The molecule has 0 atom stereocenters. The van der Waals surface area contributed by atoms with Crippen LogP contribution >= 0.6 is 0 Å². The average Bonchev–Trinajstić information content (AvgIpc) is 2.38. The molecule has 0 aromatic heterocycles. The zero-order chi connectivity index (χ0) is 13.2. The molecule has 0 aliphatic rings. The summed E-state index contributed by atoms with van der Waals surface area (Å²) in [5, 5.41) is 12.1. The summed E-state index contributed by atoms with van der Waals surface area (Å²) in [4.78, 5) is 0. The first kappa shape index (κ1) is 14.6. The van der Waals surface area contributed by atoms with E-state index in [1.807, 2.05) is 0 Å². The number of hydrogen-bond acceptors (Lipinski definition) is 3. The number of halogens is 1. The monoisotopic (exact) mass is 250 g/mol. The van der Waals surface area contributed by atoms with Gasteiger partial charge in [-0.05, 0) is 49.6 Å². The van der Waals surface area contributed by atoms with Gasteiger partial charge in [0.25, 0.3) is 0 Å². The van der Waals surface area contributed by atoms with E-state index < -0.39 is 0 Å². The maximum atomic E-state index is 13.0. The molecule has 0 amide bonds. The van der Waals surface area contributed by atoms with Crippen LogP contribution in [0.4, 0.5) is 4.39 Å². The van der Waals surface area contributed by atoms with Gasteiger partial charge in [0.2, 0.25) is 0 Å². The van der Waals surface area contributed by atoms with Gasteiger partial charge >= 0.3 is 0 Å². The zero-order valence-electron chi connectivity index (χ0n) is 10.7. The highest BCUT2D eigenvalue weighted by atomic mass is 19.1. The molecule has 1 N–H and O–H groups in total. The Morgan fingerprint density at radius 2 is 2.17 bits per heavy atom. The van der Waals surface area contributed by atoms with Crippen molar-refractivity contribution in [3.63, 3.8) is 0 Å². The van der Waals surface area contributed by atoms with Gasteiger partial charge in [-0.25, -0.2) is 4.39 Å². The molecule has 4 heteroatoms. The highest BCUT2D eigenvalue weighted by Crippen LogP contribution is 2.10. The number of methoxy groups -OCH3 is 1. The fraction of sp³-hybridized carbons (Fsp3) is 0.500. The SMILES string of the molecule is COCCCCCNCc1cc(F)ccc1C#N. The van der Waals surface area contributed by atoms with E-state index >= 15 is 0 Å². The second-order valence-electron chi connectivity index (χ2n) is 4.14. The molecule has 0 radical (unpaired) electrons. The van der Waals surface area contributed by atoms with E-state index in [2.05, 4.69) is 11.4 Å². The Morgan fingerprint density at radius 1 is 1.33 bits per heavy atom. The molecule has 1 aromatic rings. The van der Waals surface area contributed by atoms with Crippen LogP contribution in [-0.2, 0) is 11.3 Å². The number of nitrogens with one attached hydrogen (secondary N) is 1. The summed E-state index contributed by atoms with van der Waals surface area (Å²) in [5.74, 6) is -0.300. The van der Waals surface area contributed by atoms with Crippen LogP contribution in [0.5, 0.6) is 0 Å². The molecule has 0 spiro atoms. The molecule has 1 rings (SSSR count). The second kappa shape index (κ2) is 8.62. The number of ether oxygens (including phenoxy) is 1. The molecule has 3 nitrogen and oxygen atoms in total. The number of nitriles is 1. The van der Waals surface area contributed by atoms with Crippen molar-refractivity contribution >= 4 is 0 Å². The van der Waals surface area contributed by atoms with Gasteiger partial charge < -0.3 is 10.1 Å². The van der Waals surface area contributed by atoms with Gasteiger partial charge in [-0.15, -0.1) is 0 Å². The largest absolute Gasteiger partial charge is 0.385 e. The minimum atomic E-state index is -0.300. The molecule has 0 fully saturated rings. The Bertz CT molecular complexity index is 401. The summed E-state index contributed by atoms with van der Waals surface area (Å²) >= 11 is 0. The van der Waals surface area contributed by atoms with Crippen molar-refractivity contribution in [2.45, 2.75) is 25.8 Å². The topological polar surface area (TPSA) is 45.0 Å². The van der Waals surface area contributed by atoms with Crippen molar-refractivity contribution in [3.05, 3.63) is 35.1 Å².